The highest BCUT2D eigenvalue weighted by Gasteiger charge is 2.17. The van der Waals surface area contributed by atoms with Crippen LogP contribution in [-0.4, -0.2) is 27.8 Å². The summed E-state index contributed by atoms with van der Waals surface area (Å²) in [5, 5.41) is 0.461. The second kappa shape index (κ2) is 12.8. The van der Waals surface area contributed by atoms with Gasteiger partial charge in [-0.05, 0) is 66.9 Å². The molecule has 7 heteroatoms. The number of hydrogen-bond acceptors (Lipinski definition) is 6. The molecule has 0 amide bonds. The zero-order chi connectivity index (χ0) is 26.9. The quantitative estimate of drug-likeness (QED) is 0.260. The first-order valence-electron chi connectivity index (χ1n) is 12.9. The predicted molar refractivity (Wildman–Crippen MR) is 150 cm³/mol. The number of nitrogens with one attached hydrogen (secondary N) is 1. The van der Waals surface area contributed by atoms with Gasteiger partial charge in [-0.25, -0.2) is 0 Å². The topological polar surface area (TPSA) is 88.2 Å². The number of rotatable bonds is 8. The number of aromatic amines is 1. The average Bonchev–Trinajstić information content (AvgIpc) is 2.92. The van der Waals surface area contributed by atoms with E-state index in [9.17, 15) is 9.59 Å². The molecule has 2 aromatic heterocycles. The normalized spacial score (nSPS) is 11.4. The smallest absolute Gasteiger partial charge is 0.302 e. The molecule has 0 aliphatic heterocycles. The van der Waals surface area contributed by atoms with Crippen LogP contribution in [0.25, 0.3) is 10.9 Å². The third-order valence-corrected chi connectivity index (χ3v) is 6.11. The Labute approximate surface area is 218 Å². The van der Waals surface area contributed by atoms with Gasteiger partial charge in [0.25, 0.3) is 5.56 Å². The van der Waals surface area contributed by atoms with E-state index >= 15 is 0 Å². The van der Waals surface area contributed by atoms with Crippen molar-refractivity contribution in [2.24, 2.45) is 5.92 Å². The minimum Gasteiger partial charge on any atom is -0.426 e. The van der Waals surface area contributed by atoms with Crippen LogP contribution in [0.15, 0.2) is 65.7 Å². The number of hydrogen-bond donors (Lipinski definition) is 1. The summed E-state index contributed by atoms with van der Waals surface area (Å²) in [4.78, 5) is 38.0. The molecule has 4 rings (SSSR count). The van der Waals surface area contributed by atoms with Gasteiger partial charge in [-0.1, -0.05) is 41.0 Å². The third-order valence-electron chi connectivity index (χ3n) is 6.11. The summed E-state index contributed by atoms with van der Waals surface area (Å²) in [7, 11) is 1.98. The summed E-state index contributed by atoms with van der Waals surface area (Å²) in [5.74, 6) is 0.767. The number of carbonyl (C=O) groups excluding carboxylic acids is 1. The van der Waals surface area contributed by atoms with Gasteiger partial charge in [-0.15, -0.1) is 0 Å². The fourth-order valence-corrected chi connectivity index (χ4v) is 3.79. The molecule has 4 aromatic rings. The van der Waals surface area contributed by atoms with E-state index in [1.165, 1.54) is 12.6 Å². The van der Waals surface area contributed by atoms with Crippen LogP contribution in [0.1, 0.15) is 63.4 Å². The molecule has 0 saturated carbocycles. The van der Waals surface area contributed by atoms with Crippen molar-refractivity contribution in [3.8, 4) is 11.8 Å². The molecule has 0 bridgehead atoms. The van der Waals surface area contributed by atoms with Gasteiger partial charge in [0.15, 0.2) is 5.78 Å². The van der Waals surface area contributed by atoms with Gasteiger partial charge in [0, 0.05) is 36.1 Å². The van der Waals surface area contributed by atoms with Crippen molar-refractivity contribution < 1.29 is 9.53 Å². The van der Waals surface area contributed by atoms with Crippen molar-refractivity contribution in [3.63, 3.8) is 0 Å². The van der Waals surface area contributed by atoms with Crippen molar-refractivity contribution in [1.29, 1.82) is 0 Å². The molecule has 0 aliphatic rings. The lowest BCUT2D eigenvalue weighted by molar-refractivity contribution is 0.0926. The number of aryl methyl sites for hydroxylation is 1. The van der Waals surface area contributed by atoms with Crippen LogP contribution in [0, 0.1) is 5.92 Å². The number of Topliss-reactive ketones (excluding diaryl/α,β-unsaturated/α-hetero) is 1. The van der Waals surface area contributed by atoms with Crippen LogP contribution in [0.2, 0.25) is 0 Å². The van der Waals surface area contributed by atoms with Gasteiger partial charge >= 0.3 is 6.01 Å². The maximum absolute atomic E-state index is 12.7. The van der Waals surface area contributed by atoms with Crippen LogP contribution in [0.3, 0.4) is 0 Å². The summed E-state index contributed by atoms with van der Waals surface area (Å²) >= 11 is 0. The molecule has 1 N–H and O–H groups in total. The molecule has 2 heterocycles. The van der Waals surface area contributed by atoms with E-state index in [1.807, 2.05) is 57.3 Å². The van der Waals surface area contributed by atoms with Gasteiger partial charge in [-0.3, -0.25) is 19.6 Å². The first-order chi connectivity index (χ1) is 17.8. The highest BCUT2D eigenvalue weighted by atomic mass is 16.5. The van der Waals surface area contributed by atoms with Gasteiger partial charge in [0.1, 0.15) is 5.75 Å². The van der Waals surface area contributed by atoms with Crippen molar-refractivity contribution in [2.75, 3.05) is 11.9 Å². The maximum Gasteiger partial charge on any atom is 0.302 e. The molecular weight excluding hydrogens is 464 g/mol. The Morgan fingerprint density at radius 1 is 1.03 bits per heavy atom. The van der Waals surface area contributed by atoms with E-state index in [-0.39, 0.29) is 23.3 Å². The van der Waals surface area contributed by atoms with Gasteiger partial charge in [-0.2, -0.15) is 4.98 Å². The first kappa shape index (κ1) is 27.6. The third kappa shape index (κ3) is 6.61. The van der Waals surface area contributed by atoms with Gasteiger partial charge < -0.3 is 9.64 Å². The lowest BCUT2D eigenvalue weighted by atomic mass is 9.92. The summed E-state index contributed by atoms with van der Waals surface area (Å²) in [6, 6.07) is 15.2. The molecule has 37 heavy (non-hydrogen) atoms. The minimum atomic E-state index is -0.277. The molecule has 0 spiro atoms. The van der Waals surface area contributed by atoms with Crippen molar-refractivity contribution >= 4 is 28.1 Å². The fraction of sp³-hybridized carbons (Fsp3) is 0.333. The minimum absolute atomic E-state index is 0.0183. The number of fused-ring (bicyclic) bond motifs is 1. The monoisotopic (exact) mass is 500 g/mol. The molecule has 0 fully saturated rings. The Balaban J connectivity index is 0.00000121. The first-order valence-corrected chi connectivity index (χ1v) is 12.9. The molecule has 1 unspecified atom stereocenters. The number of aromatic nitrogens is 3. The van der Waals surface area contributed by atoms with Crippen molar-refractivity contribution in [3.05, 3.63) is 82.4 Å². The molecule has 1 atom stereocenters. The molecule has 7 nitrogen and oxygen atoms in total. The van der Waals surface area contributed by atoms with Crippen molar-refractivity contribution in [2.45, 2.75) is 53.9 Å². The molecular formula is C30H36N4O3. The summed E-state index contributed by atoms with van der Waals surface area (Å²) in [6.45, 7) is 10.3. The average molecular weight is 501 g/mol. The standard InChI is InChI=1S/C27H28N4O3.C3H8/c1-5-17(3)25(32)22-12-9-20(15-18(22)6-2)31(4)19-7-10-21(11-8-19)34-27-29-24-16-28-14-13-23(24)26(33)30-27;1-3-2/h7-17H,5-6H2,1-4H3,(H,29,30,33);3H2,1-2H3. The van der Waals surface area contributed by atoms with Crippen LogP contribution in [0.4, 0.5) is 11.4 Å². The van der Waals surface area contributed by atoms with E-state index in [4.69, 9.17) is 4.74 Å². The predicted octanol–water partition coefficient (Wildman–Crippen LogP) is 7.09. The number of pyridine rings is 1. The summed E-state index contributed by atoms with van der Waals surface area (Å²) in [5.41, 5.74) is 4.01. The Morgan fingerprint density at radius 3 is 2.35 bits per heavy atom. The fourth-order valence-electron chi connectivity index (χ4n) is 3.79. The highest BCUT2D eigenvalue weighted by molar-refractivity contribution is 5.99. The SMILES string of the molecule is CCC.CCc1cc(N(C)c2ccc(Oc3nc4cnccc4c(=O)[nH]3)cc2)ccc1C(=O)C(C)CC. The molecule has 194 valence electrons. The molecule has 0 aliphatic carbocycles. The molecule has 0 radical (unpaired) electrons. The van der Waals surface area contributed by atoms with Crippen LogP contribution in [0.5, 0.6) is 11.8 Å². The Hall–Kier alpha value is -4.00. The number of ether oxygens (including phenoxy) is 1. The zero-order valence-electron chi connectivity index (χ0n) is 22.5. The number of carbonyl (C=O) groups is 1. The number of nitrogens with zero attached hydrogens (tertiary/aromatic N) is 3. The zero-order valence-corrected chi connectivity index (χ0v) is 22.5. The second-order valence-electron chi connectivity index (χ2n) is 8.99. The van der Waals surface area contributed by atoms with Crippen molar-refractivity contribution in [1.82, 2.24) is 15.0 Å². The number of anilines is 2. The summed E-state index contributed by atoms with van der Waals surface area (Å²) in [6.07, 6.45) is 5.95. The number of ketones is 1. The lowest BCUT2D eigenvalue weighted by Gasteiger charge is -2.22. The highest BCUT2D eigenvalue weighted by Crippen LogP contribution is 2.29. The van der Waals surface area contributed by atoms with Gasteiger partial charge in [0.2, 0.25) is 0 Å². The van der Waals surface area contributed by atoms with Crippen LogP contribution < -0.4 is 15.2 Å². The van der Waals surface area contributed by atoms with Crippen LogP contribution in [-0.2, 0) is 6.42 Å². The Kier molecular flexibility index (Phi) is 9.55. The Morgan fingerprint density at radius 2 is 1.70 bits per heavy atom. The van der Waals surface area contributed by atoms with E-state index < -0.39 is 0 Å². The lowest BCUT2D eigenvalue weighted by Crippen LogP contribution is -2.14. The largest absolute Gasteiger partial charge is 0.426 e. The maximum atomic E-state index is 12.7. The van der Waals surface area contributed by atoms with E-state index in [0.29, 0.717) is 16.7 Å². The second-order valence-corrected chi connectivity index (χ2v) is 8.99. The van der Waals surface area contributed by atoms with E-state index in [0.717, 1.165) is 35.3 Å². The van der Waals surface area contributed by atoms with Gasteiger partial charge in [0.05, 0.1) is 17.1 Å². The molecule has 2 aromatic carbocycles. The summed E-state index contributed by atoms with van der Waals surface area (Å²) < 4.78 is 5.77. The Bertz CT molecular complexity index is 1400. The molecule has 0 saturated heterocycles. The van der Waals surface area contributed by atoms with E-state index in [1.54, 1.807) is 12.3 Å². The van der Waals surface area contributed by atoms with Crippen LogP contribution >= 0.6 is 0 Å². The number of H-pyrrole nitrogens is 1. The number of benzene rings is 2. The van der Waals surface area contributed by atoms with E-state index in [2.05, 4.69) is 46.7 Å².